The summed E-state index contributed by atoms with van der Waals surface area (Å²) in [5.41, 5.74) is 1.37. The molecule has 0 N–H and O–H groups in total. The number of aldehydes is 1. The van der Waals surface area contributed by atoms with Gasteiger partial charge in [0.25, 0.3) is 0 Å². The summed E-state index contributed by atoms with van der Waals surface area (Å²) in [7, 11) is 0. The van der Waals surface area contributed by atoms with Crippen molar-refractivity contribution in [3.8, 4) is 0 Å². The minimum absolute atomic E-state index is 0.419. The minimum atomic E-state index is 0.419. The Morgan fingerprint density at radius 1 is 1.69 bits per heavy atom. The lowest BCUT2D eigenvalue weighted by Gasteiger charge is -2.00. The maximum atomic E-state index is 10.5. The molecule has 1 aromatic rings. The topological polar surface area (TPSA) is 44.1 Å². The molecule has 0 bridgehead atoms. The molecule has 4 nitrogen and oxygen atoms in total. The largest absolute Gasteiger partial charge is 0.359 e. The van der Waals surface area contributed by atoms with Crippen molar-refractivity contribution in [1.29, 1.82) is 0 Å². The Hall–Kier alpha value is -1.16. The molecule has 1 rings (SSSR count). The fourth-order valence-electron chi connectivity index (χ4n) is 1.02. The Kier molecular flexibility index (Phi) is 3.64. The molecule has 1 heterocycles. The van der Waals surface area contributed by atoms with E-state index in [1.165, 1.54) is 0 Å². The van der Waals surface area contributed by atoms with Crippen molar-refractivity contribution in [1.82, 2.24) is 9.78 Å². The fraction of sp³-hybridized carbons (Fsp3) is 0.556. The summed E-state index contributed by atoms with van der Waals surface area (Å²) >= 11 is 0. The molecule has 0 fully saturated rings. The van der Waals surface area contributed by atoms with Gasteiger partial charge in [-0.05, 0) is 13.3 Å². The van der Waals surface area contributed by atoms with Gasteiger partial charge in [0, 0.05) is 12.8 Å². The van der Waals surface area contributed by atoms with E-state index >= 15 is 0 Å². The Morgan fingerprint density at radius 3 is 3.00 bits per heavy atom. The normalized spacial score (nSPS) is 10.3. The predicted molar refractivity (Wildman–Crippen MR) is 48.6 cm³/mol. The molecule has 0 aromatic carbocycles. The SMILES string of the molecule is CCCOCn1cc(C=O)c(C)n1. The van der Waals surface area contributed by atoms with E-state index in [1.807, 2.05) is 6.92 Å². The van der Waals surface area contributed by atoms with Crippen molar-refractivity contribution in [2.75, 3.05) is 6.61 Å². The van der Waals surface area contributed by atoms with Gasteiger partial charge in [0.15, 0.2) is 6.29 Å². The summed E-state index contributed by atoms with van der Waals surface area (Å²) in [6, 6.07) is 0. The molecule has 0 unspecified atom stereocenters. The van der Waals surface area contributed by atoms with E-state index < -0.39 is 0 Å². The van der Waals surface area contributed by atoms with Crippen molar-refractivity contribution < 1.29 is 9.53 Å². The molecule has 0 spiro atoms. The summed E-state index contributed by atoms with van der Waals surface area (Å²) in [6.07, 6.45) is 3.48. The number of rotatable bonds is 5. The van der Waals surface area contributed by atoms with Gasteiger partial charge in [-0.1, -0.05) is 6.92 Å². The third kappa shape index (κ3) is 2.66. The number of hydrogen-bond donors (Lipinski definition) is 0. The molecule has 0 aliphatic heterocycles. The highest BCUT2D eigenvalue weighted by molar-refractivity contribution is 5.75. The molecule has 1 aromatic heterocycles. The first-order valence-corrected chi connectivity index (χ1v) is 4.35. The first-order chi connectivity index (χ1) is 6.27. The maximum Gasteiger partial charge on any atom is 0.153 e. The van der Waals surface area contributed by atoms with Gasteiger partial charge in [-0.3, -0.25) is 4.79 Å². The van der Waals surface area contributed by atoms with Crippen molar-refractivity contribution >= 4 is 6.29 Å². The van der Waals surface area contributed by atoms with Gasteiger partial charge < -0.3 is 4.74 Å². The molecule has 4 heteroatoms. The summed E-state index contributed by atoms with van der Waals surface area (Å²) in [6.45, 7) is 4.99. The molecule has 0 aliphatic carbocycles. The summed E-state index contributed by atoms with van der Waals surface area (Å²) in [5.74, 6) is 0. The number of nitrogens with zero attached hydrogens (tertiary/aromatic N) is 2. The average molecular weight is 182 g/mol. The van der Waals surface area contributed by atoms with Gasteiger partial charge in [-0.25, -0.2) is 4.68 Å². The van der Waals surface area contributed by atoms with E-state index in [2.05, 4.69) is 5.10 Å². The van der Waals surface area contributed by atoms with Gasteiger partial charge in [0.2, 0.25) is 0 Å². The number of carbonyl (C=O) groups is 1. The van der Waals surface area contributed by atoms with Crippen LogP contribution >= 0.6 is 0 Å². The van der Waals surface area contributed by atoms with Crippen molar-refractivity contribution in [2.24, 2.45) is 0 Å². The first-order valence-electron chi connectivity index (χ1n) is 4.35. The van der Waals surface area contributed by atoms with Crippen LogP contribution in [0.2, 0.25) is 0 Å². The number of carbonyl (C=O) groups excluding carboxylic acids is 1. The van der Waals surface area contributed by atoms with E-state index in [0.717, 1.165) is 25.0 Å². The van der Waals surface area contributed by atoms with Crippen LogP contribution in [0.4, 0.5) is 0 Å². The van der Waals surface area contributed by atoms with Crippen LogP contribution in [0.5, 0.6) is 0 Å². The Labute approximate surface area is 77.5 Å². The molecule has 72 valence electrons. The van der Waals surface area contributed by atoms with Gasteiger partial charge in [-0.2, -0.15) is 5.10 Å². The number of ether oxygens (including phenoxy) is 1. The van der Waals surface area contributed by atoms with Gasteiger partial charge in [0.05, 0.1) is 11.3 Å². The zero-order valence-corrected chi connectivity index (χ0v) is 7.99. The Bertz CT molecular complexity index is 281. The van der Waals surface area contributed by atoms with Crippen LogP contribution in [0.3, 0.4) is 0 Å². The lowest BCUT2D eigenvalue weighted by molar-refractivity contribution is 0.0691. The third-order valence-corrected chi connectivity index (χ3v) is 1.68. The standard InChI is InChI=1S/C9H14N2O2/c1-3-4-13-7-11-5-9(6-12)8(2)10-11/h5-6H,3-4,7H2,1-2H3. The van der Waals surface area contributed by atoms with E-state index in [9.17, 15) is 4.79 Å². The third-order valence-electron chi connectivity index (χ3n) is 1.68. The van der Waals surface area contributed by atoms with E-state index in [0.29, 0.717) is 12.3 Å². The van der Waals surface area contributed by atoms with E-state index in [-0.39, 0.29) is 0 Å². The van der Waals surface area contributed by atoms with Crippen LogP contribution in [-0.2, 0) is 11.5 Å². The van der Waals surface area contributed by atoms with Gasteiger partial charge in [-0.15, -0.1) is 0 Å². The zero-order chi connectivity index (χ0) is 9.68. The molecule has 0 aliphatic rings. The van der Waals surface area contributed by atoms with Crippen molar-refractivity contribution in [3.05, 3.63) is 17.5 Å². The van der Waals surface area contributed by atoms with E-state index in [1.54, 1.807) is 17.8 Å². The number of aromatic nitrogens is 2. The van der Waals surface area contributed by atoms with Crippen LogP contribution in [0, 0.1) is 6.92 Å². The summed E-state index contributed by atoms with van der Waals surface area (Å²) in [5, 5.41) is 4.11. The second-order valence-electron chi connectivity index (χ2n) is 2.86. The van der Waals surface area contributed by atoms with Gasteiger partial charge >= 0.3 is 0 Å². The molecule has 0 atom stereocenters. The predicted octanol–water partition coefficient (Wildman–Crippen LogP) is 1.39. The lowest BCUT2D eigenvalue weighted by atomic mass is 10.3. The maximum absolute atomic E-state index is 10.5. The lowest BCUT2D eigenvalue weighted by Crippen LogP contribution is -2.03. The monoisotopic (exact) mass is 182 g/mol. The smallest absolute Gasteiger partial charge is 0.153 e. The Balaban J connectivity index is 2.52. The van der Waals surface area contributed by atoms with Crippen LogP contribution in [0.1, 0.15) is 29.4 Å². The quantitative estimate of drug-likeness (QED) is 0.510. The molecule has 13 heavy (non-hydrogen) atoms. The molecular weight excluding hydrogens is 168 g/mol. The fourth-order valence-corrected chi connectivity index (χ4v) is 1.02. The van der Waals surface area contributed by atoms with Crippen molar-refractivity contribution in [3.63, 3.8) is 0 Å². The highest BCUT2D eigenvalue weighted by Gasteiger charge is 2.02. The molecule has 0 saturated carbocycles. The second-order valence-corrected chi connectivity index (χ2v) is 2.86. The zero-order valence-electron chi connectivity index (χ0n) is 7.99. The Morgan fingerprint density at radius 2 is 2.46 bits per heavy atom. The van der Waals surface area contributed by atoms with E-state index in [4.69, 9.17) is 4.74 Å². The van der Waals surface area contributed by atoms with Gasteiger partial charge in [0.1, 0.15) is 6.73 Å². The summed E-state index contributed by atoms with van der Waals surface area (Å²) in [4.78, 5) is 10.5. The molecule has 0 radical (unpaired) electrons. The van der Waals surface area contributed by atoms with Crippen LogP contribution in [-0.4, -0.2) is 22.7 Å². The summed E-state index contributed by atoms with van der Waals surface area (Å²) < 4.78 is 6.90. The van der Waals surface area contributed by atoms with Crippen LogP contribution < -0.4 is 0 Å². The molecule has 0 saturated heterocycles. The number of aryl methyl sites for hydroxylation is 1. The van der Waals surface area contributed by atoms with Crippen LogP contribution in [0.25, 0.3) is 0 Å². The molecular formula is C9H14N2O2. The van der Waals surface area contributed by atoms with Crippen LogP contribution in [0.15, 0.2) is 6.20 Å². The molecule has 0 amide bonds. The minimum Gasteiger partial charge on any atom is -0.359 e. The van der Waals surface area contributed by atoms with Crippen molar-refractivity contribution in [2.45, 2.75) is 27.0 Å². The highest BCUT2D eigenvalue weighted by Crippen LogP contribution is 2.01. The average Bonchev–Trinajstić information content (AvgIpc) is 2.47. The second kappa shape index (κ2) is 4.77. The first kappa shape index (κ1) is 9.92. The highest BCUT2D eigenvalue weighted by atomic mass is 16.5. The number of hydrogen-bond acceptors (Lipinski definition) is 3.